The summed E-state index contributed by atoms with van der Waals surface area (Å²) in [7, 11) is 0. The zero-order valence-corrected chi connectivity index (χ0v) is 14.3. The van der Waals surface area contributed by atoms with Gasteiger partial charge in [0.25, 0.3) is 0 Å². The van der Waals surface area contributed by atoms with Crippen molar-refractivity contribution in [2.45, 2.75) is 6.92 Å². The van der Waals surface area contributed by atoms with Gasteiger partial charge >= 0.3 is 0 Å². The number of nitrogens with zero attached hydrogens (tertiary/aromatic N) is 1. The predicted octanol–water partition coefficient (Wildman–Crippen LogP) is 1.89. The molecule has 116 valence electrons. The van der Waals surface area contributed by atoms with Crippen LogP contribution in [-0.2, 0) is 0 Å². The highest BCUT2D eigenvalue weighted by molar-refractivity contribution is 14.0. The molecule has 6 nitrogen and oxygen atoms in total. The van der Waals surface area contributed by atoms with E-state index in [0.29, 0.717) is 31.4 Å². The van der Waals surface area contributed by atoms with Gasteiger partial charge in [0.2, 0.25) is 6.79 Å². The number of nitrogens with one attached hydrogen (secondary N) is 1. The molecule has 0 radical (unpaired) electrons. The first-order valence-corrected chi connectivity index (χ1v) is 6.36. The summed E-state index contributed by atoms with van der Waals surface area (Å²) in [5.74, 6) is 2.57. The molecule has 0 fully saturated rings. The van der Waals surface area contributed by atoms with Gasteiger partial charge < -0.3 is 25.3 Å². The zero-order valence-electron chi connectivity index (χ0n) is 11.9. The third kappa shape index (κ3) is 5.70. The highest BCUT2D eigenvalue weighted by Gasteiger charge is 2.13. The third-order valence-electron chi connectivity index (χ3n) is 2.54. The fourth-order valence-corrected chi connectivity index (χ4v) is 1.59. The first-order chi connectivity index (χ1) is 9.65. The van der Waals surface area contributed by atoms with Crippen LogP contribution in [0, 0.1) is 0 Å². The zero-order chi connectivity index (χ0) is 14.4. The van der Waals surface area contributed by atoms with Crippen molar-refractivity contribution in [3.05, 3.63) is 30.4 Å². The molecule has 21 heavy (non-hydrogen) atoms. The SMILES string of the molecule is C=C(C)CN=C(N)NCCOc1ccc2c(c1)OCO2.I. The molecule has 3 N–H and O–H groups in total. The predicted molar refractivity (Wildman–Crippen MR) is 92.8 cm³/mol. The van der Waals surface area contributed by atoms with Crippen LogP contribution in [0.2, 0.25) is 0 Å². The van der Waals surface area contributed by atoms with Gasteiger partial charge in [-0.2, -0.15) is 0 Å². The lowest BCUT2D eigenvalue weighted by atomic mass is 10.3. The fraction of sp³-hybridized carbons (Fsp3) is 0.357. The average molecular weight is 405 g/mol. The van der Waals surface area contributed by atoms with Crippen LogP contribution in [0.4, 0.5) is 0 Å². The Morgan fingerprint density at radius 3 is 2.95 bits per heavy atom. The Kier molecular flexibility index (Phi) is 7.13. The normalized spacial score (nSPS) is 12.5. The van der Waals surface area contributed by atoms with E-state index in [0.717, 1.165) is 17.1 Å². The second-order valence-corrected chi connectivity index (χ2v) is 4.45. The summed E-state index contributed by atoms with van der Waals surface area (Å²) in [5, 5.41) is 2.97. The molecular weight excluding hydrogens is 385 g/mol. The smallest absolute Gasteiger partial charge is 0.231 e. The van der Waals surface area contributed by atoms with Crippen LogP contribution in [-0.4, -0.2) is 32.4 Å². The van der Waals surface area contributed by atoms with Crippen LogP contribution < -0.4 is 25.3 Å². The molecule has 1 aromatic carbocycles. The molecule has 0 aliphatic carbocycles. The quantitative estimate of drug-likeness (QED) is 0.249. The molecule has 0 unspecified atom stereocenters. The molecule has 0 spiro atoms. The molecule has 0 bridgehead atoms. The summed E-state index contributed by atoms with van der Waals surface area (Å²) < 4.78 is 16.1. The number of halogens is 1. The number of hydrogen-bond acceptors (Lipinski definition) is 4. The van der Waals surface area contributed by atoms with Crippen molar-refractivity contribution in [2.24, 2.45) is 10.7 Å². The summed E-state index contributed by atoms with van der Waals surface area (Å²) in [5.41, 5.74) is 6.65. The van der Waals surface area contributed by atoms with Crippen LogP contribution in [0.3, 0.4) is 0 Å². The number of benzene rings is 1. The summed E-state index contributed by atoms with van der Waals surface area (Å²) in [6.07, 6.45) is 0. The van der Waals surface area contributed by atoms with Gasteiger partial charge in [-0.15, -0.1) is 24.0 Å². The summed E-state index contributed by atoms with van der Waals surface area (Å²) in [6, 6.07) is 5.47. The molecule has 0 atom stereocenters. The van der Waals surface area contributed by atoms with E-state index in [-0.39, 0.29) is 30.8 Å². The lowest BCUT2D eigenvalue weighted by Gasteiger charge is -2.08. The highest BCUT2D eigenvalue weighted by Crippen LogP contribution is 2.34. The van der Waals surface area contributed by atoms with Crippen molar-refractivity contribution in [3.8, 4) is 17.2 Å². The molecule has 1 aromatic rings. The molecule has 1 aliphatic heterocycles. The van der Waals surface area contributed by atoms with Gasteiger partial charge in [-0.1, -0.05) is 12.2 Å². The van der Waals surface area contributed by atoms with Crippen molar-refractivity contribution in [1.29, 1.82) is 0 Å². The highest BCUT2D eigenvalue weighted by atomic mass is 127. The molecule has 0 saturated heterocycles. The number of aliphatic imine (C=N–C) groups is 1. The van der Waals surface area contributed by atoms with Crippen LogP contribution in [0.25, 0.3) is 0 Å². The van der Waals surface area contributed by atoms with Crippen molar-refractivity contribution < 1.29 is 14.2 Å². The minimum atomic E-state index is 0. The summed E-state index contributed by atoms with van der Waals surface area (Å²) >= 11 is 0. The molecular formula is C14H20IN3O3. The Morgan fingerprint density at radius 1 is 1.43 bits per heavy atom. The maximum Gasteiger partial charge on any atom is 0.231 e. The number of rotatable bonds is 6. The third-order valence-corrected chi connectivity index (χ3v) is 2.54. The lowest BCUT2D eigenvalue weighted by Crippen LogP contribution is -2.34. The number of nitrogens with two attached hydrogens (primary N) is 1. The van der Waals surface area contributed by atoms with Crippen molar-refractivity contribution >= 4 is 29.9 Å². The molecule has 7 heteroatoms. The maximum absolute atomic E-state index is 5.68. The topological polar surface area (TPSA) is 78.1 Å². The van der Waals surface area contributed by atoms with Gasteiger partial charge in [-0.05, 0) is 19.1 Å². The number of guanidine groups is 1. The van der Waals surface area contributed by atoms with Gasteiger partial charge in [0, 0.05) is 6.07 Å². The second-order valence-electron chi connectivity index (χ2n) is 4.45. The lowest BCUT2D eigenvalue weighted by molar-refractivity contribution is 0.173. The second kappa shape index (κ2) is 8.60. The molecule has 2 rings (SSSR count). The van der Waals surface area contributed by atoms with Crippen molar-refractivity contribution in [3.63, 3.8) is 0 Å². The van der Waals surface area contributed by atoms with Gasteiger partial charge in [0.1, 0.15) is 12.4 Å². The van der Waals surface area contributed by atoms with Crippen LogP contribution in [0.5, 0.6) is 17.2 Å². The summed E-state index contributed by atoms with van der Waals surface area (Å²) in [4.78, 5) is 4.11. The Bertz CT molecular complexity index is 520. The number of ether oxygens (including phenoxy) is 3. The maximum atomic E-state index is 5.68. The fourth-order valence-electron chi connectivity index (χ4n) is 1.59. The first-order valence-electron chi connectivity index (χ1n) is 6.36. The largest absolute Gasteiger partial charge is 0.492 e. The minimum Gasteiger partial charge on any atom is -0.492 e. The Morgan fingerprint density at radius 2 is 2.19 bits per heavy atom. The Balaban J connectivity index is 0.00000220. The van der Waals surface area contributed by atoms with Gasteiger partial charge in [-0.3, -0.25) is 0 Å². The van der Waals surface area contributed by atoms with Crippen molar-refractivity contribution in [2.75, 3.05) is 26.5 Å². The molecule has 1 heterocycles. The Hall–Kier alpha value is -1.64. The van der Waals surface area contributed by atoms with E-state index in [4.69, 9.17) is 19.9 Å². The number of hydrogen-bond donors (Lipinski definition) is 2. The van der Waals surface area contributed by atoms with E-state index < -0.39 is 0 Å². The molecule has 0 aromatic heterocycles. The Labute approximate surface area is 141 Å². The number of fused-ring (bicyclic) bond motifs is 1. The first kappa shape index (κ1) is 17.4. The van der Waals surface area contributed by atoms with E-state index in [1.54, 1.807) is 6.07 Å². The van der Waals surface area contributed by atoms with E-state index in [1.165, 1.54) is 0 Å². The van der Waals surface area contributed by atoms with Crippen molar-refractivity contribution in [1.82, 2.24) is 5.32 Å². The van der Waals surface area contributed by atoms with E-state index in [2.05, 4.69) is 16.9 Å². The van der Waals surface area contributed by atoms with Crippen LogP contribution >= 0.6 is 24.0 Å². The standard InChI is InChI=1S/C14H19N3O3.HI/c1-10(2)8-17-14(15)16-5-6-18-11-3-4-12-13(7-11)20-9-19-12;/h3-4,7H,1,5-6,8-9H2,2H3,(H3,15,16,17);1H. The monoisotopic (exact) mass is 405 g/mol. The van der Waals surface area contributed by atoms with Crippen LogP contribution in [0.15, 0.2) is 35.3 Å². The van der Waals surface area contributed by atoms with E-state index >= 15 is 0 Å². The molecule has 0 saturated carbocycles. The van der Waals surface area contributed by atoms with Gasteiger partial charge in [0.05, 0.1) is 13.1 Å². The van der Waals surface area contributed by atoms with Crippen LogP contribution in [0.1, 0.15) is 6.92 Å². The minimum absolute atomic E-state index is 0. The van der Waals surface area contributed by atoms with Gasteiger partial charge in [-0.25, -0.2) is 4.99 Å². The molecule has 1 aliphatic rings. The average Bonchev–Trinajstić information content (AvgIpc) is 2.88. The van der Waals surface area contributed by atoms with E-state index in [9.17, 15) is 0 Å². The van der Waals surface area contributed by atoms with E-state index in [1.807, 2.05) is 19.1 Å². The molecule has 0 amide bonds. The van der Waals surface area contributed by atoms with Gasteiger partial charge in [0.15, 0.2) is 17.5 Å². The summed E-state index contributed by atoms with van der Waals surface area (Å²) in [6.45, 7) is 7.49.